The second-order valence-electron chi connectivity index (χ2n) is 6.43. The fraction of sp³-hybridized carbons (Fsp3) is 0.263. The van der Waals surface area contributed by atoms with Crippen molar-refractivity contribution >= 4 is 29.1 Å². The van der Waals surface area contributed by atoms with Crippen LogP contribution in [0, 0.1) is 12.8 Å². The van der Waals surface area contributed by atoms with E-state index >= 15 is 0 Å². The molecule has 0 unspecified atom stereocenters. The number of carbonyl (C=O) groups excluding carboxylic acids is 2. The third-order valence-corrected chi connectivity index (χ3v) is 5.01. The first-order valence-corrected chi connectivity index (χ1v) is 8.65. The summed E-state index contributed by atoms with van der Waals surface area (Å²) in [5.41, 5.74) is 2.14. The van der Waals surface area contributed by atoms with Gasteiger partial charge in [0, 0.05) is 29.4 Å². The van der Waals surface area contributed by atoms with E-state index in [4.69, 9.17) is 21.1 Å². The number of likely N-dealkylation sites (tertiary alicyclic amines) is 1. The number of fused-ring (bicyclic) bond motifs is 1. The van der Waals surface area contributed by atoms with Crippen LogP contribution in [0.1, 0.15) is 15.9 Å². The summed E-state index contributed by atoms with van der Waals surface area (Å²) in [5, 5.41) is 3.45. The molecule has 0 aromatic heterocycles. The molecule has 1 saturated heterocycles. The number of benzene rings is 2. The van der Waals surface area contributed by atoms with Crippen LogP contribution >= 0.6 is 11.6 Å². The highest BCUT2D eigenvalue weighted by molar-refractivity contribution is 6.31. The van der Waals surface area contributed by atoms with Gasteiger partial charge in [-0.3, -0.25) is 9.59 Å². The number of hydrogen-bond donors (Lipinski definition) is 1. The minimum atomic E-state index is -0.229. The molecule has 0 aliphatic carbocycles. The first-order chi connectivity index (χ1) is 12.5. The highest BCUT2D eigenvalue weighted by Crippen LogP contribution is 2.33. The molecular formula is C19H17ClN2O4. The monoisotopic (exact) mass is 372 g/mol. The molecule has 2 aliphatic heterocycles. The molecule has 1 N–H and O–H groups in total. The smallest absolute Gasteiger partial charge is 0.254 e. The van der Waals surface area contributed by atoms with Gasteiger partial charge >= 0.3 is 0 Å². The van der Waals surface area contributed by atoms with Crippen molar-refractivity contribution < 1.29 is 19.1 Å². The van der Waals surface area contributed by atoms with Crippen LogP contribution in [0.2, 0.25) is 5.02 Å². The molecule has 2 aliphatic rings. The Hall–Kier alpha value is -2.73. The Morgan fingerprint density at radius 2 is 1.88 bits per heavy atom. The van der Waals surface area contributed by atoms with E-state index in [0.29, 0.717) is 40.9 Å². The van der Waals surface area contributed by atoms with Crippen LogP contribution in [0.3, 0.4) is 0 Å². The van der Waals surface area contributed by atoms with Gasteiger partial charge in [-0.15, -0.1) is 0 Å². The molecule has 6 nitrogen and oxygen atoms in total. The van der Waals surface area contributed by atoms with E-state index in [1.165, 1.54) is 0 Å². The number of amides is 2. The number of halogens is 1. The molecule has 1 fully saturated rings. The van der Waals surface area contributed by atoms with E-state index in [9.17, 15) is 9.59 Å². The third-order valence-electron chi connectivity index (χ3n) is 4.60. The van der Waals surface area contributed by atoms with Gasteiger partial charge in [0.05, 0.1) is 5.92 Å². The zero-order chi connectivity index (χ0) is 18.3. The summed E-state index contributed by atoms with van der Waals surface area (Å²) in [4.78, 5) is 26.5. The van der Waals surface area contributed by atoms with Crippen LogP contribution in [0.4, 0.5) is 5.69 Å². The minimum Gasteiger partial charge on any atom is -0.454 e. The van der Waals surface area contributed by atoms with Crippen molar-refractivity contribution in [2.24, 2.45) is 5.92 Å². The highest BCUT2D eigenvalue weighted by atomic mass is 35.5. The Morgan fingerprint density at radius 1 is 1.12 bits per heavy atom. The molecule has 2 amide bonds. The minimum absolute atomic E-state index is 0.111. The van der Waals surface area contributed by atoms with E-state index in [2.05, 4.69) is 5.32 Å². The first-order valence-electron chi connectivity index (χ1n) is 8.27. The van der Waals surface area contributed by atoms with Gasteiger partial charge in [0.2, 0.25) is 12.7 Å². The number of anilines is 1. The molecule has 26 heavy (non-hydrogen) atoms. The summed E-state index contributed by atoms with van der Waals surface area (Å²) in [6.45, 7) is 2.85. The highest BCUT2D eigenvalue weighted by Gasteiger charge is 2.36. The number of carbonyl (C=O) groups is 2. The van der Waals surface area contributed by atoms with Crippen molar-refractivity contribution in [3.63, 3.8) is 0 Å². The molecule has 4 rings (SSSR count). The number of aryl methyl sites for hydroxylation is 1. The number of hydrogen-bond acceptors (Lipinski definition) is 4. The largest absolute Gasteiger partial charge is 0.454 e. The molecule has 2 aromatic rings. The molecule has 0 spiro atoms. The van der Waals surface area contributed by atoms with Crippen LogP contribution in [-0.4, -0.2) is 36.6 Å². The fourth-order valence-electron chi connectivity index (χ4n) is 2.94. The van der Waals surface area contributed by atoms with Crippen molar-refractivity contribution in [3.8, 4) is 11.5 Å². The van der Waals surface area contributed by atoms with E-state index in [1.807, 2.05) is 19.1 Å². The van der Waals surface area contributed by atoms with Crippen molar-refractivity contribution in [1.82, 2.24) is 4.90 Å². The molecule has 0 bridgehead atoms. The zero-order valence-corrected chi connectivity index (χ0v) is 14.9. The van der Waals surface area contributed by atoms with Crippen LogP contribution in [0.25, 0.3) is 0 Å². The Balaban J connectivity index is 1.35. The molecule has 2 aromatic carbocycles. The average molecular weight is 373 g/mol. The van der Waals surface area contributed by atoms with Gasteiger partial charge in [0.25, 0.3) is 5.91 Å². The maximum Gasteiger partial charge on any atom is 0.254 e. The molecule has 134 valence electrons. The second kappa shape index (κ2) is 6.53. The predicted molar refractivity (Wildman–Crippen MR) is 96.8 cm³/mol. The molecule has 7 heteroatoms. The van der Waals surface area contributed by atoms with Crippen LogP contribution in [-0.2, 0) is 4.79 Å². The lowest BCUT2D eigenvalue weighted by atomic mass is 9.97. The number of nitrogens with one attached hydrogen (secondary N) is 1. The first kappa shape index (κ1) is 16.7. The van der Waals surface area contributed by atoms with Gasteiger partial charge in [0.1, 0.15) is 0 Å². The topological polar surface area (TPSA) is 67.9 Å². The quantitative estimate of drug-likeness (QED) is 0.899. The molecule has 0 radical (unpaired) electrons. The lowest BCUT2D eigenvalue weighted by molar-refractivity contribution is -0.123. The standard InChI is InChI=1S/C19H17ClN2O4/c1-11-2-4-14(7-15(11)20)21-18(23)13-8-22(9-13)19(24)12-3-5-16-17(6-12)26-10-25-16/h2-7,13H,8-10H2,1H3,(H,21,23). The molecule has 0 saturated carbocycles. The molecular weight excluding hydrogens is 356 g/mol. The Kier molecular flexibility index (Phi) is 4.20. The zero-order valence-electron chi connectivity index (χ0n) is 14.1. The van der Waals surface area contributed by atoms with E-state index in [0.717, 1.165) is 5.56 Å². The average Bonchev–Trinajstić information content (AvgIpc) is 3.04. The number of ether oxygens (including phenoxy) is 2. The summed E-state index contributed by atoms with van der Waals surface area (Å²) in [6, 6.07) is 10.5. The van der Waals surface area contributed by atoms with E-state index < -0.39 is 0 Å². The number of nitrogens with zero attached hydrogens (tertiary/aromatic N) is 1. The van der Waals surface area contributed by atoms with Gasteiger partial charge in [-0.1, -0.05) is 17.7 Å². The molecule has 0 atom stereocenters. The lowest BCUT2D eigenvalue weighted by Crippen LogP contribution is -2.54. The van der Waals surface area contributed by atoms with Crippen molar-refractivity contribution in [2.75, 3.05) is 25.2 Å². The Bertz CT molecular complexity index is 893. The normalized spacial score (nSPS) is 15.5. The molecule has 2 heterocycles. The van der Waals surface area contributed by atoms with Crippen molar-refractivity contribution in [3.05, 3.63) is 52.5 Å². The van der Waals surface area contributed by atoms with Gasteiger partial charge in [0.15, 0.2) is 11.5 Å². The maximum absolute atomic E-state index is 12.5. The SMILES string of the molecule is Cc1ccc(NC(=O)C2CN(C(=O)c3ccc4c(c3)OCO4)C2)cc1Cl. The number of rotatable bonds is 3. The van der Waals surface area contributed by atoms with Gasteiger partial charge < -0.3 is 19.7 Å². The Labute approximate surface area is 155 Å². The van der Waals surface area contributed by atoms with Gasteiger partial charge in [-0.05, 0) is 42.8 Å². The fourth-order valence-corrected chi connectivity index (χ4v) is 3.12. The van der Waals surface area contributed by atoms with Crippen LogP contribution in [0.15, 0.2) is 36.4 Å². The summed E-state index contributed by atoms with van der Waals surface area (Å²) in [7, 11) is 0. The maximum atomic E-state index is 12.5. The predicted octanol–water partition coefficient (Wildman–Crippen LogP) is 3.09. The van der Waals surface area contributed by atoms with Gasteiger partial charge in [-0.2, -0.15) is 0 Å². The lowest BCUT2D eigenvalue weighted by Gasteiger charge is -2.38. The van der Waals surface area contributed by atoms with Crippen LogP contribution in [0.5, 0.6) is 11.5 Å². The van der Waals surface area contributed by atoms with Crippen LogP contribution < -0.4 is 14.8 Å². The summed E-state index contributed by atoms with van der Waals surface area (Å²) in [5.74, 6) is 0.750. The van der Waals surface area contributed by atoms with Crippen molar-refractivity contribution in [2.45, 2.75) is 6.92 Å². The van der Waals surface area contributed by atoms with Gasteiger partial charge in [-0.25, -0.2) is 0 Å². The summed E-state index contributed by atoms with van der Waals surface area (Å²) >= 11 is 6.07. The van der Waals surface area contributed by atoms with Crippen molar-refractivity contribution in [1.29, 1.82) is 0 Å². The third kappa shape index (κ3) is 3.08. The Morgan fingerprint density at radius 3 is 2.65 bits per heavy atom. The summed E-state index contributed by atoms with van der Waals surface area (Å²) in [6.07, 6.45) is 0. The van der Waals surface area contributed by atoms with E-state index in [-0.39, 0.29) is 24.5 Å². The second-order valence-corrected chi connectivity index (χ2v) is 6.84. The van der Waals surface area contributed by atoms with E-state index in [1.54, 1.807) is 29.2 Å². The summed E-state index contributed by atoms with van der Waals surface area (Å²) < 4.78 is 10.5.